The zero-order chi connectivity index (χ0) is 17.9. The van der Waals surface area contributed by atoms with Crippen LogP contribution >= 0.6 is 35.3 Å². The summed E-state index contributed by atoms with van der Waals surface area (Å²) in [7, 11) is 3.78. The molecule has 0 fully saturated rings. The molecule has 0 aromatic carbocycles. The first-order chi connectivity index (χ1) is 12.2. The molecule has 0 aliphatic heterocycles. The third-order valence-corrected chi connectivity index (χ3v) is 4.51. The highest BCUT2D eigenvalue weighted by atomic mass is 127. The molecule has 0 spiro atoms. The third kappa shape index (κ3) is 7.58. The standard InChI is InChI=1S/C17H28N6OS.HI/c1-4-16-21-20-14-23(16)9-8-19-17(18-7-5-10-24-3)22(2)12-15-6-11-25-13-15;/h6,11,13-14H,4-5,7-10,12H2,1-3H3,(H,18,19);1H. The molecule has 0 atom stereocenters. The highest BCUT2D eigenvalue weighted by Gasteiger charge is 2.08. The zero-order valence-corrected chi connectivity index (χ0v) is 18.9. The van der Waals surface area contributed by atoms with E-state index in [0.717, 1.165) is 57.4 Å². The van der Waals surface area contributed by atoms with Gasteiger partial charge in [0.25, 0.3) is 0 Å². The van der Waals surface area contributed by atoms with E-state index in [1.807, 2.05) is 0 Å². The number of guanidine groups is 1. The number of hydrogen-bond donors (Lipinski definition) is 1. The van der Waals surface area contributed by atoms with E-state index in [1.165, 1.54) is 5.56 Å². The van der Waals surface area contributed by atoms with Gasteiger partial charge in [-0.15, -0.1) is 34.2 Å². The van der Waals surface area contributed by atoms with Gasteiger partial charge >= 0.3 is 0 Å². The van der Waals surface area contributed by atoms with Crippen LogP contribution in [0.15, 0.2) is 28.1 Å². The van der Waals surface area contributed by atoms with Gasteiger partial charge in [-0.3, -0.25) is 4.99 Å². The van der Waals surface area contributed by atoms with Crippen molar-refractivity contribution in [1.29, 1.82) is 0 Å². The number of hydrogen-bond acceptors (Lipinski definition) is 5. The Morgan fingerprint density at radius 2 is 2.31 bits per heavy atom. The van der Waals surface area contributed by atoms with Crippen LogP contribution in [0.1, 0.15) is 24.7 Å². The van der Waals surface area contributed by atoms with Gasteiger partial charge in [-0.05, 0) is 28.8 Å². The Kier molecular flexibility index (Phi) is 11.5. The van der Waals surface area contributed by atoms with E-state index in [9.17, 15) is 0 Å². The average Bonchev–Trinajstić information content (AvgIpc) is 3.28. The number of aromatic nitrogens is 3. The summed E-state index contributed by atoms with van der Waals surface area (Å²) in [6.07, 6.45) is 3.58. The summed E-state index contributed by atoms with van der Waals surface area (Å²) in [4.78, 5) is 6.87. The summed E-state index contributed by atoms with van der Waals surface area (Å²) in [5, 5.41) is 15.8. The van der Waals surface area contributed by atoms with Crippen LogP contribution in [0, 0.1) is 0 Å². The van der Waals surface area contributed by atoms with Crippen molar-refractivity contribution >= 4 is 41.3 Å². The van der Waals surface area contributed by atoms with Gasteiger partial charge in [0.05, 0.1) is 0 Å². The number of thiophene rings is 1. The Morgan fingerprint density at radius 1 is 1.46 bits per heavy atom. The molecule has 0 aliphatic rings. The highest BCUT2D eigenvalue weighted by Crippen LogP contribution is 2.08. The second-order valence-corrected chi connectivity index (χ2v) is 6.54. The Labute approximate surface area is 176 Å². The molecule has 2 heterocycles. The topological polar surface area (TPSA) is 67.6 Å². The maximum atomic E-state index is 5.11. The molecule has 0 aliphatic carbocycles. The fraction of sp³-hybridized carbons (Fsp3) is 0.588. The lowest BCUT2D eigenvalue weighted by Gasteiger charge is -2.22. The van der Waals surface area contributed by atoms with Crippen LogP contribution in [-0.4, -0.2) is 59.5 Å². The van der Waals surface area contributed by atoms with Gasteiger partial charge in [-0.1, -0.05) is 6.92 Å². The van der Waals surface area contributed by atoms with E-state index < -0.39 is 0 Å². The van der Waals surface area contributed by atoms with Crippen molar-refractivity contribution in [3.63, 3.8) is 0 Å². The quantitative estimate of drug-likeness (QED) is 0.239. The largest absolute Gasteiger partial charge is 0.385 e. The normalized spacial score (nSPS) is 11.3. The number of nitrogens with zero attached hydrogens (tertiary/aromatic N) is 5. The Hall–Kier alpha value is -1.20. The summed E-state index contributed by atoms with van der Waals surface area (Å²) >= 11 is 1.72. The van der Waals surface area contributed by atoms with Crippen molar-refractivity contribution < 1.29 is 4.74 Å². The van der Waals surface area contributed by atoms with Gasteiger partial charge in [-0.2, -0.15) is 11.3 Å². The molecule has 1 N–H and O–H groups in total. The van der Waals surface area contributed by atoms with Crippen molar-refractivity contribution in [2.75, 3.05) is 33.9 Å². The van der Waals surface area contributed by atoms with Gasteiger partial charge in [-0.25, -0.2) is 0 Å². The van der Waals surface area contributed by atoms with Crippen LogP contribution < -0.4 is 5.32 Å². The number of rotatable bonds is 10. The van der Waals surface area contributed by atoms with Crippen molar-refractivity contribution in [3.05, 3.63) is 34.5 Å². The minimum atomic E-state index is 0. The van der Waals surface area contributed by atoms with Gasteiger partial charge in [0, 0.05) is 53.4 Å². The van der Waals surface area contributed by atoms with E-state index in [1.54, 1.807) is 24.8 Å². The summed E-state index contributed by atoms with van der Waals surface area (Å²) < 4.78 is 7.18. The maximum Gasteiger partial charge on any atom is 0.194 e. The van der Waals surface area contributed by atoms with Gasteiger partial charge in [0.15, 0.2) is 5.96 Å². The van der Waals surface area contributed by atoms with E-state index in [0.29, 0.717) is 0 Å². The number of methoxy groups -OCH3 is 1. The highest BCUT2D eigenvalue weighted by molar-refractivity contribution is 14.0. The third-order valence-electron chi connectivity index (χ3n) is 3.78. The fourth-order valence-corrected chi connectivity index (χ4v) is 3.12. The van der Waals surface area contributed by atoms with Crippen LogP contribution in [0.3, 0.4) is 0 Å². The molecule has 9 heteroatoms. The Balaban J connectivity index is 0.00000338. The smallest absolute Gasteiger partial charge is 0.194 e. The molecule has 2 aromatic rings. The summed E-state index contributed by atoms with van der Waals surface area (Å²) in [5.74, 6) is 1.92. The summed E-state index contributed by atoms with van der Waals surface area (Å²) in [5.41, 5.74) is 1.30. The molecule has 26 heavy (non-hydrogen) atoms. The zero-order valence-electron chi connectivity index (χ0n) is 15.7. The minimum absolute atomic E-state index is 0. The van der Waals surface area contributed by atoms with Crippen LogP contribution in [-0.2, 0) is 24.2 Å². The van der Waals surface area contributed by atoms with Gasteiger partial charge < -0.3 is 19.5 Å². The van der Waals surface area contributed by atoms with Crippen molar-refractivity contribution in [1.82, 2.24) is 25.0 Å². The molecule has 146 valence electrons. The first-order valence-corrected chi connectivity index (χ1v) is 9.55. The molecule has 0 bridgehead atoms. The molecule has 0 unspecified atom stereocenters. The maximum absolute atomic E-state index is 5.11. The molecule has 2 aromatic heterocycles. The molecule has 0 saturated carbocycles. The first-order valence-electron chi connectivity index (χ1n) is 8.60. The second kappa shape index (κ2) is 13.0. The van der Waals surface area contributed by atoms with Crippen molar-refractivity contribution in [3.8, 4) is 0 Å². The van der Waals surface area contributed by atoms with Crippen molar-refractivity contribution in [2.45, 2.75) is 32.9 Å². The number of ether oxygens (including phenoxy) is 1. The van der Waals surface area contributed by atoms with E-state index in [-0.39, 0.29) is 24.0 Å². The summed E-state index contributed by atoms with van der Waals surface area (Å²) in [6, 6.07) is 2.15. The summed E-state index contributed by atoms with van der Waals surface area (Å²) in [6.45, 7) is 6.00. The van der Waals surface area contributed by atoms with Crippen LogP contribution in [0.5, 0.6) is 0 Å². The average molecular weight is 492 g/mol. The molecule has 0 saturated heterocycles. The Morgan fingerprint density at radius 3 is 3.00 bits per heavy atom. The number of aliphatic imine (C=N–C) groups is 1. The SMILES string of the molecule is CCc1nncn1CCNC(=NCCCOC)N(C)Cc1ccsc1.I. The van der Waals surface area contributed by atoms with Gasteiger partial charge in [0.1, 0.15) is 12.2 Å². The van der Waals surface area contributed by atoms with Crippen LogP contribution in [0.2, 0.25) is 0 Å². The molecule has 0 radical (unpaired) electrons. The van der Waals surface area contributed by atoms with Crippen LogP contribution in [0.4, 0.5) is 0 Å². The van der Waals surface area contributed by atoms with E-state index in [4.69, 9.17) is 9.73 Å². The lowest BCUT2D eigenvalue weighted by Crippen LogP contribution is -2.40. The molecule has 2 rings (SSSR count). The molecule has 7 nitrogen and oxygen atoms in total. The van der Waals surface area contributed by atoms with E-state index in [2.05, 4.69) is 55.8 Å². The lowest BCUT2D eigenvalue weighted by molar-refractivity contribution is 0.197. The number of aryl methyl sites for hydroxylation is 1. The molecule has 0 amide bonds. The van der Waals surface area contributed by atoms with Gasteiger partial charge in [0.2, 0.25) is 0 Å². The second-order valence-electron chi connectivity index (χ2n) is 5.76. The van der Waals surface area contributed by atoms with Crippen molar-refractivity contribution in [2.24, 2.45) is 4.99 Å². The number of nitrogens with one attached hydrogen (secondary N) is 1. The minimum Gasteiger partial charge on any atom is -0.385 e. The monoisotopic (exact) mass is 492 g/mol. The Bertz CT molecular complexity index is 631. The predicted molar refractivity (Wildman–Crippen MR) is 117 cm³/mol. The molecular weight excluding hydrogens is 463 g/mol. The first kappa shape index (κ1) is 22.8. The fourth-order valence-electron chi connectivity index (χ4n) is 2.46. The number of halogens is 1. The molecular formula is C17H29IN6OS. The lowest BCUT2D eigenvalue weighted by atomic mass is 10.3. The predicted octanol–water partition coefficient (Wildman–Crippen LogP) is 2.63. The van der Waals surface area contributed by atoms with E-state index >= 15 is 0 Å². The van der Waals surface area contributed by atoms with Crippen LogP contribution in [0.25, 0.3) is 0 Å².